The van der Waals surface area contributed by atoms with Crippen LogP contribution < -0.4 is 0 Å². The number of aliphatic carboxylic acids is 1. The second kappa shape index (κ2) is 5.16. The van der Waals surface area contributed by atoms with Crippen LogP contribution in [0.4, 0.5) is 0 Å². The molecule has 0 aliphatic heterocycles. The van der Waals surface area contributed by atoms with Gasteiger partial charge in [0.15, 0.2) is 0 Å². The predicted molar refractivity (Wildman–Crippen MR) is 47.5 cm³/mol. The molecule has 0 aromatic rings. The van der Waals surface area contributed by atoms with Crippen LogP contribution in [0, 0.1) is 0 Å². The Morgan fingerprint density at radius 3 is 1.85 bits per heavy atom. The Morgan fingerprint density at radius 2 is 1.62 bits per heavy atom. The molecule has 0 fully saturated rings. The van der Waals surface area contributed by atoms with Crippen molar-refractivity contribution in [1.82, 2.24) is 4.90 Å². The van der Waals surface area contributed by atoms with E-state index in [0.29, 0.717) is 0 Å². The summed E-state index contributed by atoms with van der Waals surface area (Å²) in [5.74, 6) is -0.964. The second-order valence-electron chi connectivity index (χ2n) is 3.30. The van der Waals surface area contributed by atoms with Gasteiger partial charge in [0.2, 0.25) is 0 Å². The third-order valence-electron chi connectivity index (χ3n) is 2.05. The highest BCUT2D eigenvalue weighted by atomic mass is 16.4. The summed E-state index contributed by atoms with van der Waals surface area (Å²) in [4.78, 5) is 12.3. The molecule has 3 N–H and O–H groups in total. The monoisotopic (exact) mass is 191 g/mol. The Balaban J connectivity index is 4.41. The number of hydrogen-bond donors (Lipinski definition) is 3. The maximum Gasteiger partial charge on any atom is 0.323 e. The first-order valence-corrected chi connectivity index (χ1v) is 4.17. The molecule has 5 heteroatoms. The van der Waals surface area contributed by atoms with Crippen LogP contribution in [0.1, 0.15) is 13.8 Å². The number of hydrogen-bond acceptors (Lipinski definition) is 4. The Hall–Kier alpha value is -0.650. The van der Waals surface area contributed by atoms with E-state index in [4.69, 9.17) is 15.3 Å². The minimum absolute atomic E-state index is 0.114. The van der Waals surface area contributed by atoms with Crippen molar-refractivity contribution >= 4 is 5.97 Å². The van der Waals surface area contributed by atoms with Crippen LogP contribution in [0.3, 0.4) is 0 Å². The molecule has 0 aromatic carbocycles. The lowest BCUT2D eigenvalue weighted by molar-refractivity contribution is -0.150. The van der Waals surface area contributed by atoms with E-state index >= 15 is 0 Å². The molecular formula is C8H17NO4. The quantitative estimate of drug-likeness (QED) is 0.509. The summed E-state index contributed by atoms with van der Waals surface area (Å²) in [5.41, 5.74) is -1.05. The number of carboxylic acids is 1. The molecule has 0 aromatic heterocycles. The zero-order chi connectivity index (χ0) is 10.5. The minimum atomic E-state index is -1.05. The Labute approximate surface area is 77.6 Å². The normalized spacial score (nSPS) is 12.1. The molecule has 13 heavy (non-hydrogen) atoms. The number of β-amino-alcohol motifs (C(OH)–C–C–N with tert-alkyl or cyclic N) is 2. The third kappa shape index (κ3) is 3.30. The lowest BCUT2D eigenvalue weighted by atomic mass is 10.0. The lowest BCUT2D eigenvalue weighted by Gasteiger charge is -2.33. The van der Waals surface area contributed by atoms with Gasteiger partial charge in [0, 0.05) is 13.1 Å². The van der Waals surface area contributed by atoms with E-state index in [0.717, 1.165) is 0 Å². The standard InChI is InChI=1S/C8H17NO4/c1-8(2,7(12)13)9(3-5-10)4-6-11/h10-11H,3-6H2,1-2H3,(H,12,13). The molecule has 0 amide bonds. The zero-order valence-corrected chi connectivity index (χ0v) is 8.03. The molecule has 0 saturated carbocycles. The average molecular weight is 191 g/mol. The van der Waals surface area contributed by atoms with Crippen molar-refractivity contribution in [2.45, 2.75) is 19.4 Å². The number of carbonyl (C=O) groups is 1. The maximum atomic E-state index is 10.8. The van der Waals surface area contributed by atoms with Gasteiger partial charge in [0.05, 0.1) is 13.2 Å². The van der Waals surface area contributed by atoms with Gasteiger partial charge < -0.3 is 15.3 Å². The van der Waals surface area contributed by atoms with E-state index < -0.39 is 11.5 Å². The van der Waals surface area contributed by atoms with Gasteiger partial charge >= 0.3 is 5.97 Å². The van der Waals surface area contributed by atoms with E-state index in [1.54, 1.807) is 13.8 Å². The van der Waals surface area contributed by atoms with Crippen molar-refractivity contribution in [3.8, 4) is 0 Å². The highest BCUT2D eigenvalue weighted by Gasteiger charge is 2.33. The molecule has 0 rings (SSSR count). The molecule has 78 valence electrons. The first-order valence-electron chi connectivity index (χ1n) is 4.17. The summed E-state index contributed by atoms with van der Waals surface area (Å²) in [7, 11) is 0. The van der Waals surface area contributed by atoms with Crippen molar-refractivity contribution in [1.29, 1.82) is 0 Å². The van der Waals surface area contributed by atoms with Gasteiger partial charge in [-0.3, -0.25) is 9.69 Å². The number of rotatable bonds is 6. The molecule has 0 saturated heterocycles. The molecule has 5 nitrogen and oxygen atoms in total. The van der Waals surface area contributed by atoms with E-state index in [9.17, 15) is 4.79 Å². The Bertz CT molecular complexity index is 164. The van der Waals surface area contributed by atoms with Crippen LogP contribution in [-0.4, -0.2) is 58.0 Å². The highest BCUT2D eigenvalue weighted by Crippen LogP contribution is 2.13. The smallest absolute Gasteiger partial charge is 0.323 e. The van der Waals surface area contributed by atoms with Crippen LogP contribution in [0.15, 0.2) is 0 Å². The van der Waals surface area contributed by atoms with E-state index in [2.05, 4.69) is 0 Å². The SMILES string of the molecule is CC(C)(C(=O)O)N(CCO)CCO. The largest absolute Gasteiger partial charge is 0.480 e. The minimum Gasteiger partial charge on any atom is -0.480 e. The average Bonchev–Trinajstić information content (AvgIpc) is 2.03. The van der Waals surface area contributed by atoms with E-state index in [1.807, 2.05) is 0 Å². The number of aliphatic hydroxyl groups excluding tert-OH is 2. The molecule has 0 unspecified atom stereocenters. The lowest BCUT2D eigenvalue weighted by Crippen LogP contribution is -2.52. The van der Waals surface area contributed by atoms with Gasteiger partial charge in [-0.1, -0.05) is 0 Å². The highest BCUT2D eigenvalue weighted by molar-refractivity contribution is 5.77. The van der Waals surface area contributed by atoms with Crippen molar-refractivity contribution in [2.24, 2.45) is 0 Å². The Kier molecular flexibility index (Phi) is 4.90. The molecule has 0 atom stereocenters. The fourth-order valence-electron chi connectivity index (χ4n) is 1.05. The van der Waals surface area contributed by atoms with Crippen molar-refractivity contribution < 1.29 is 20.1 Å². The van der Waals surface area contributed by atoms with E-state index in [1.165, 1.54) is 4.90 Å². The molecule has 0 radical (unpaired) electrons. The molecule has 0 aliphatic carbocycles. The zero-order valence-electron chi connectivity index (χ0n) is 8.03. The van der Waals surface area contributed by atoms with E-state index in [-0.39, 0.29) is 26.3 Å². The van der Waals surface area contributed by atoms with Crippen molar-refractivity contribution in [3.05, 3.63) is 0 Å². The molecule has 0 heterocycles. The fraction of sp³-hybridized carbons (Fsp3) is 0.875. The van der Waals surface area contributed by atoms with Gasteiger partial charge in [-0.2, -0.15) is 0 Å². The van der Waals surface area contributed by atoms with Gasteiger partial charge in [-0.05, 0) is 13.8 Å². The third-order valence-corrected chi connectivity index (χ3v) is 2.05. The summed E-state index contributed by atoms with van der Waals surface area (Å²) in [6.45, 7) is 3.36. The Morgan fingerprint density at radius 1 is 1.23 bits per heavy atom. The summed E-state index contributed by atoms with van der Waals surface area (Å²) in [6, 6.07) is 0. The fourth-order valence-corrected chi connectivity index (χ4v) is 1.05. The van der Waals surface area contributed by atoms with Gasteiger partial charge in [-0.25, -0.2) is 0 Å². The summed E-state index contributed by atoms with van der Waals surface area (Å²) >= 11 is 0. The van der Waals surface area contributed by atoms with Gasteiger partial charge in [0.25, 0.3) is 0 Å². The first-order chi connectivity index (χ1) is 5.96. The van der Waals surface area contributed by atoms with Crippen LogP contribution >= 0.6 is 0 Å². The maximum absolute atomic E-state index is 10.8. The first kappa shape index (κ1) is 12.3. The number of aliphatic hydroxyl groups is 2. The molecule has 0 aliphatic rings. The van der Waals surface area contributed by atoms with Gasteiger partial charge in [-0.15, -0.1) is 0 Å². The molecule has 0 bridgehead atoms. The van der Waals surface area contributed by atoms with Crippen LogP contribution in [0.5, 0.6) is 0 Å². The van der Waals surface area contributed by atoms with Crippen molar-refractivity contribution in [3.63, 3.8) is 0 Å². The topological polar surface area (TPSA) is 81.0 Å². The van der Waals surface area contributed by atoms with Gasteiger partial charge in [0.1, 0.15) is 5.54 Å². The molecule has 0 spiro atoms. The van der Waals surface area contributed by atoms with Crippen LogP contribution in [0.2, 0.25) is 0 Å². The number of carboxylic acid groups (broad SMARTS) is 1. The second-order valence-corrected chi connectivity index (χ2v) is 3.30. The number of nitrogens with zero attached hydrogens (tertiary/aromatic N) is 1. The van der Waals surface area contributed by atoms with Crippen molar-refractivity contribution in [2.75, 3.05) is 26.3 Å². The van der Waals surface area contributed by atoms with Crippen LogP contribution in [-0.2, 0) is 4.79 Å². The summed E-state index contributed by atoms with van der Waals surface area (Å²) < 4.78 is 0. The summed E-state index contributed by atoms with van der Waals surface area (Å²) in [5, 5.41) is 26.2. The summed E-state index contributed by atoms with van der Waals surface area (Å²) in [6.07, 6.45) is 0. The van der Waals surface area contributed by atoms with Crippen LogP contribution in [0.25, 0.3) is 0 Å². The predicted octanol–water partition coefficient (Wildman–Crippen LogP) is -0.864. The molecular weight excluding hydrogens is 174 g/mol.